The zero-order valence-electron chi connectivity index (χ0n) is 14.4. The summed E-state index contributed by atoms with van der Waals surface area (Å²) in [6, 6.07) is 10.9. The highest BCUT2D eigenvalue weighted by Crippen LogP contribution is 2.18. The fourth-order valence-electron chi connectivity index (χ4n) is 3.05. The molecule has 0 fully saturated rings. The molecule has 138 valence electrons. The lowest BCUT2D eigenvalue weighted by atomic mass is 10.2. The molecule has 0 spiro atoms. The molecule has 0 atom stereocenters. The Hall–Kier alpha value is -3.42. The highest BCUT2D eigenvalue weighted by Gasteiger charge is 2.24. The second kappa shape index (κ2) is 7.06. The van der Waals surface area contributed by atoms with Crippen LogP contribution in [0.5, 0.6) is 0 Å². The fourth-order valence-corrected chi connectivity index (χ4v) is 3.05. The SMILES string of the molecule is O=C(Nc1ccccc1F)c1cc2n(n1)CCCN(C(=O)c1ccco1)C2. The third-order valence-corrected chi connectivity index (χ3v) is 4.39. The van der Waals surface area contributed by atoms with E-state index in [2.05, 4.69) is 10.4 Å². The summed E-state index contributed by atoms with van der Waals surface area (Å²) in [6.07, 6.45) is 2.16. The molecule has 0 radical (unpaired) electrons. The minimum absolute atomic E-state index is 0.0975. The number of fused-ring (bicyclic) bond motifs is 1. The minimum atomic E-state index is -0.512. The van der Waals surface area contributed by atoms with Gasteiger partial charge in [0.25, 0.3) is 11.8 Å². The number of furan rings is 1. The van der Waals surface area contributed by atoms with Gasteiger partial charge in [-0.15, -0.1) is 0 Å². The maximum atomic E-state index is 13.7. The lowest BCUT2D eigenvalue weighted by molar-refractivity contribution is 0.0713. The van der Waals surface area contributed by atoms with E-state index in [1.54, 1.807) is 39.9 Å². The van der Waals surface area contributed by atoms with Crippen LogP contribution >= 0.6 is 0 Å². The maximum absolute atomic E-state index is 13.7. The van der Waals surface area contributed by atoms with Crippen molar-refractivity contribution in [3.63, 3.8) is 0 Å². The number of aryl methyl sites for hydroxylation is 1. The van der Waals surface area contributed by atoms with Gasteiger partial charge in [0.1, 0.15) is 5.82 Å². The summed E-state index contributed by atoms with van der Waals surface area (Å²) in [7, 11) is 0. The number of aromatic nitrogens is 2. The number of carbonyl (C=O) groups excluding carboxylic acids is 2. The largest absolute Gasteiger partial charge is 0.459 e. The van der Waals surface area contributed by atoms with Crippen molar-refractivity contribution in [2.75, 3.05) is 11.9 Å². The molecule has 2 aromatic heterocycles. The highest BCUT2D eigenvalue weighted by atomic mass is 19.1. The predicted molar refractivity (Wildman–Crippen MR) is 94.6 cm³/mol. The first-order valence-corrected chi connectivity index (χ1v) is 8.57. The Morgan fingerprint density at radius 3 is 2.78 bits per heavy atom. The van der Waals surface area contributed by atoms with Gasteiger partial charge in [0.2, 0.25) is 0 Å². The van der Waals surface area contributed by atoms with Crippen LogP contribution in [0.25, 0.3) is 0 Å². The number of hydrogen-bond donors (Lipinski definition) is 1. The average Bonchev–Trinajstić information content (AvgIpc) is 3.29. The second-order valence-electron chi connectivity index (χ2n) is 6.24. The van der Waals surface area contributed by atoms with Crippen LogP contribution in [0.4, 0.5) is 10.1 Å². The monoisotopic (exact) mass is 368 g/mol. The molecule has 1 aliphatic rings. The molecule has 1 aliphatic heterocycles. The molecule has 3 aromatic rings. The van der Waals surface area contributed by atoms with Gasteiger partial charge in [0, 0.05) is 13.1 Å². The average molecular weight is 368 g/mol. The van der Waals surface area contributed by atoms with E-state index in [1.807, 2.05) is 0 Å². The predicted octanol–water partition coefficient (Wildman–Crippen LogP) is 2.91. The van der Waals surface area contributed by atoms with Gasteiger partial charge in [0.05, 0.1) is 24.2 Å². The molecule has 8 heteroatoms. The number of rotatable bonds is 3. The molecule has 0 saturated heterocycles. The molecule has 1 aromatic carbocycles. The minimum Gasteiger partial charge on any atom is -0.459 e. The Morgan fingerprint density at radius 2 is 2.00 bits per heavy atom. The lowest BCUT2D eigenvalue weighted by Gasteiger charge is -2.18. The molecule has 27 heavy (non-hydrogen) atoms. The molecule has 3 heterocycles. The zero-order valence-corrected chi connectivity index (χ0v) is 14.4. The van der Waals surface area contributed by atoms with Gasteiger partial charge in [-0.3, -0.25) is 14.3 Å². The Morgan fingerprint density at radius 1 is 1.15 bits per heavy atom. The van der Waals surface area contributed by atoms with Crippen molar-refractivity contribution >= 4 is 17.5 Å². The molecule has 0 bridgehead atoms. The summed E-state index contributed by atoms with van der Waals surface area (Å²) in [4.78, 5) is 26.6. The van der Waals surface area contributed by atoms with Crippen LogP contribution in [-0.4, -0.2) is 33.0 Å². The van der Waals surface area contributed by atoms with Crippen molar-refractivity contribution in [3.8, 4) is 0 Å². The molecule has 7 nitrogen and oxygen atoms in total. The van der Waals surface area contributed by atoms with Crippen molar-refractivity contribution in [1.29, 1.82) is 0 Å². The number of amides is 2. The Kier molecular flexibility index (Phi) is 4.45. The molecular formula is C19H17FN4O3. The van der Waals surface area contributed by atoms with E-state index in [1.165, 1.54) is 18.4 Å². The van der Waals surface area contributed by atoms with Crippen molar-refractivity contribution in [2.45, 2.75) is 19.5 Å². The number of carbonyl (C=O) groups is 2. The van der Waals surface area contributed by atoms with E-state index in [-0.39, 0.29) is 23.0 Å². The van der Waals surface area contributed by atoms with Crippen molar-refractivity contribution in [1.82, 2.24) is 14.7 Å². The summed E-state index contributed by atoms with van der Waals surface area (Å²) >= 11 is 0. The number of anilines is 1. The second-order valence-corrected chi connectivity index (χ2v) is 6.24. The number of nitrogens with one attached hydrogen (secondary N) is 1. The first-order chi connectivity index (χ1) is 13.1. The Bertz CT molecular complexity index is 981. The van der Waals surface area contributed by atoms with Gasteiger partial charge in [0.15, 0.2) is 11.5 Å². The summed E-state index contributed by atoms with van der Waals surface area (Å²) in [5, 5.41) is 6.84. The number of benzene rings is 1. The Labute approximate surface area is 154 Å². The lowest BCUT2D eigenvalue weighted by Crippen LogP contribution is -2.30. The van der Waals surface area contributed by atoms with Gasteiger partial charge < -0.3 is 14.6 Å². The third kappa shape index (κ3) is 3.46. The highest BCUT2D eigenvalue weighted by molar-refractivity contribution is 6.03. The molecule has 1 N–H and O–H groups in total. The van der Waals surface area contributed by atoms with Crippen molar-refractivity contribution < 1.29 is 18.4 Å². The number of hydrogen-bond acceptors (Lipinski definition) is 4. The van der Waals surface area contributed by atoms with Crippen LogP contribution in [0.3, 0.4) is 0 Å². The van der Waals surface area contributed by atoms with Crippen molar-refractivity contribution in [2.24, 2.45) is 0 Å². The zero-order chi connectivity index (χ0) is 18.8. The normalized spacial score (nSPS) is 13.7. The number of para-hydroxylation sites is 1. The molecule has 4 rings (SSSR count). The maximum Gasteiger partial charge on any atom is 0.289 e. The standard InChI is InChI=1S/C19H17FN4O3/c20-14-5-1-2-6-15(14)21-18(25)16-11-13-12-23(8-4-9-24(13)22-16)19(26)17-7-3-10-27-17/h1-3,5-7,10-11H,4,8-9,12H2,(H,21,25). The van der Waals surface area contributed by atoms with Gasteiger partial charge in [-0.05, 0) is 36.8 Å². The van der Waals surface area contributed by atoms with Gasteiger partial charge in [-0.1, -0.05) is 12.1 Å². The van der Waals surface area contributed by atoms with Crippen LogP contribution in [0.2, 0.25) is 0 Å². The Balaban J connectivity index is 1.52. The van der Waals surface area contributed by atoms with Gasteiger partial charge >= 0.3 is 0 Å². The van der Waals surface area contributed by atoms with Gasteiger partial charge in [-0.2, -0.15) is 5.10 Å². The van der Waals surface area contributed by atoms with Crippen molar-refractivity contribution in [3.05, 3.63) is 71.7 Å². The van der Waals surface area contributed by atoms with E-state index in [4.69, 9.17) is 4.42 Å². The summed E-state index contributed by atoms with van der Waals surface area (Å²) in [6.45, 7) is 1.48. The third-order valence-electron chi connectivity index (χ3n) is 4.39. The molecule has 0 aliphatic carbocycles. The van der Waals surface area contributed by atoms with Crippen LogP contribution in [0, 0.1) is 5.82 Å². The van der Waals surface area contributed by atoms with Crippen LogP contribution in [0.15, 0.2) is 53.1 Å². The number of halogens is 1. The summed E-state index contributed by atoms with van der Waals surface area (Å²) < 4.78 is 20.6. The van der Waals surface area contributed by atoms with Gasteiger partial charge in [-0.25, -0.2) is 4.39 Å². The van der Waals surface area contributed by atoms with E-state index < -0.39 is 11.7 Å². The number of nitrogens with zero attached hydrogens (tertiary/aromatic N) is 3. The van der Waals surface area contributed by atoms with Crippen LogP contribution in [0.1, 0.15) is 33.2 Å². The molecular weight excluding hydrogens is 351 g/mol. The topological polar surface area (TPSA) is 80.4 Å². The van der Waals surface area contributed by atoms with E-state index >= 15 is 0 Å². The van der Waals surface area contributed by atoms with E-state index in [9.17, 15) is 14.0 Å². The van der Waals surface area contributed by atoms with Crippen LogP contribution < -0.4 is 5.32 Å². The summed E-state index contributed by atoms with van der Waals surface area (Å²) in [5.41, 5.74) is 1.02. The van der Waals surface area contributed by atoms with E-state index in [0.29, 0.717) is 26.1 Å². The quantitative estimate of drug-likeness (QED) is 0.771. The summed E-state index contributed by atoms with van der Waals surface area (Å²) in [5.74, 6) is -0.932. The molecule has 0 unspecified atom stereocenters. The van der Waals surface area contributed by atoms with Crippen LogP contribution in [-0.2, 0) is 13.1 Å². The van der Waals surface area contributed by atoms with E-state index in [0.717, 1.165) is 5.69 Å². The smallest absolute Gasteiger partial charge is 0.289 e. The molecule has 0 saturated carbocycles. The first kappa shape index (κ1) is 17.0. The molecule has 2 amide bonds. The first-order valence-electron chi connectivity index (χ1n) is 8.57. The fraction of sp³-hybridized carbons (Fsp3) is 0.211.